The maximum absolute atomic E-state index is 13.2. The van der Waals surface area contributed by atoms with Crippen LogP contribution in [0.1, 0.15) is 45.2 Å². The van der Waals surface area contributed by atoms with E-state index in [1.165, 1.54) is 71.3 Å². The molecule has 2 aliphatic rings. The number of nitrogens with zero attached hydrogens (tertiary/aromatic N) is 2. The number of rotatable bonds is 13. The third-order valence-electron chi connectivity index (χ3n) is 8.33. The lowest BCUT2D eigenvalue weighted by atomic mass is 10.1. The van der Waals surface area contributed by atoms with Gasteiger partial charge in [0, 0.05) is 20.1 Å². The van der Waals surface area contributed by atoms with Gasteiger partial charge in [-0.1, -0.05) is 86.6 Å². The van der Waals surface area contributed by atoms with E-state index < -0.39 is 20.0 Å². The highest BCUT2D eigenvalue weighted by Gasteiger charge is 2.32. The summed E-state index contributed by atoms with van der Waals surface area (Å²) < 4.78 is 90.0. The fourth-order valence-corrected chi connectivity index (χ4v) is 9.17. The molecule has 0 radical (unpaired) electrons. The number of nitrogens with one attached hydrogen (secondary N) is 2. The van der Waals surface area contributed by atoms with Crippen molar-refractivity contribution in [3.63, 3.8) is 0 Å². The molecule has 0 bridgehead atoms. The van der Waals surface area contributed by atoms with E-state index in [0.717, 1.165) is 0 Å². The molecular weight excluding hydrogens is 902 g/mol. The Morgan fingerprint density at radius 3 is 1.63 bits per heavy atom. The Morgan fingerprint density at radius 2 is 1.20 bits per heavy atom. The summed E-state index contributed by atoms with van der Waals surface area (Å²) in [5.41, 5.74) is 1.17. The van der Waals surface area contributed by atoms with Crippen molar-refractivity contribution in [3.05, 3.63) is 91.9 Å². The highest BCUT2D eigenvalue weighted by molar-refractivity contribution is 7.93. The van der Waals surface area contributed by atoms with Crippen LogP contribution in [0.15, 0.2) is 80.4 Å². The van der Waals surface area contributed by atoms with Crippen LogP contribution in [0.2, 0.25) is 20.1 Å². The third kappa shape index (κ3) is 11.9. The van der Waals surface area contributed by atoms with Gasteiger partial charge < -0.3 is 28.4 Å². The van der Waals surface area contributed by atoms with Gasteiger partial charge in [-0.15, -0.1) is 0 Å². The first-order valence-corrected chi connectivity index (χ1v) is 22.8. The summed E-state index contributed by atoms with van der Waals surface area (Å²) in [6.07, 6.45) is 1.25. The molecule has 2 aliphatic heterocycles. The molecule has 0 spiro atoms. The van der Waals surface area contributed by atoms with E-state index in [-0.39, 0.29) is 70.6 Å². The minimum Gasteiger partial charge on any atom is -0.495 e. The number of ether oxygens (including phenoxy) is 6. The molecule has 2 heterocycles. The lowest BCUT2D eigenvalue weighted by Gasteiger charge is -2.20. The number of aliphatic imine (C=N–C) groups is 2. The van der Waals surface area contributed by atoms with Crippen molar-refractivity contribution in [2.24, 2.45) is 15.9 Å². The van der Waals surface area contributed by atoms with Crippen molar-refractivity contribution in [1.29, 1.82) is 0 Å². The molecule has 1 unspecified atom stereocenters. The van der Waals surface area contributed by atoms with Gasteiger partial charge in [-0.3, -0.25) is 9.44 Å². The number of hydrogen-bond acceptors (Lipinski definition) is 12. The number of anilines is 2. The van der Waals surface area contributed by atoms with Crippen molar-refractivity contribution >= 4 is 89.6 Å². The van der Waals surface area contributed by atoms with E-state index in [1.807, 2.05) is 13.8 Å². The molecule has 0 aromatic heterocycles. The van der Waals surface area contributed by atoms with Crippen LogP contribution in [0.5, 0.6) is 23.0 Å². The zero-order valence-corrected chi connectivity index (χ0v) is 38.7. The molecule has 60 heavy (non-hydrogen) atoms. The number of hydrogen-bond donors (Lipinski definition) is 2. The quantitative estimate of drug-likeness (QED) is 0.131. The fraction of sp³-hybridized carbons (Fsp3) is 0.350. The van der Waals surface area contributed by atoms with Crippen LogP contribution in [0.25, 0.3) is 0 Å². The van der Waals surface area contributed by atoms with Gasteiger partial charge in [0.15, 0.2) is 11.5 Å². The second-order valence-corrected chi connectivity index (χ2v) is 18.3. The lowest BCUT2D eigenvalue weighted by Crippen LogP contribution is -2.17. The summed E-state index contributed by atoms with van der Waals surface area (Å²) >= 11 is 23.8. The van der Waals surface area contributed by atoms with E-state index in [9.17, 15) is 16.8 Å². The molecule has 2 N–H and O–H groups in total. The predicted molar refractivity (Wildman–Crippen MR) is 238 cm³/mol. The van der Waals surface area contributed by atoms with Gasteiger partial charge in [-0.2, -0.15) is 0 Å². The molecule has 0 fully saturated rings. The first-order valence-electron chi connectivity index (χ1n) is 18.3. The summed E-state index contributed by atoms with van der Waals surface area (Å²) in [7, 11) is -2.35. The van der Waals surface area contributed by atoms with Crippen molar-refractivity contribution in [2.45, 2.75) is 49.9 Å². The summed E-state index contributed by atoms with van der Waals surface area (Å²) in [5, 5.41) is 0.801. The monoisotopic (exact) mass is 946 g/mol. The largest absolute Gasteiger partial charge is 0.495 e. The Labute approximate surface area is 371 Å². The van der Waals surface area contributed by atoms with Crippen molar-refractivity contribution in [2.75, 3.05) is 57.6 Å². The van der Waals surface area contributed by atoms with E-state index in [2.05, 4.69) is 33.3 Å². The summed E-state index contributed by atoms with van der Waals surface area (Å²) in [5.74, 6) is 1.85. The second-order valence-electron chi connectivity index (χ2n) is 13.2. The molecule has 20 heteroatoms. The number of benzene rings is 4. The van der Waals surface area contributed by atoms with Crippen LogP contribution in [0.3, 0.4) is 0 Å². The lowest BCUT2D eigenvalue weighted by molar-refractivity contribution is 0.291. The summed E-state index contributed by atoms with van der Waals surface area (Å²) in [6.45, 7) is 9.65. The zero-order chi connectivity index (χ0) is 44.4. The second kappa shape index (κ2) is 21.5. The SMILES string of the molecule is CCC.COc1cc(C2=NC(C(C)C)CO2)c(NS(=O)(=O)c2cc(Cl)cc(Cl)c2)c(OC)c1OC.COc1cccc(C2=NCCO2)c1NS(=O)(=O)c1cc(Cl)cc(Cl)c1. The predicted octanol–water partition coefficient (Wildman–Crippen LogP) is 9.62. The highest BCUT2D eigenvalue weighted by atomic mass is 35.5. The average molecular weight is 949 g/mol. The molecule has 0 saturated heterocycles. The van der Waals surface area contributed by atoms with Crippen molar-refractivity contribution < 1.29 is 45.3 Å². The minimum atomic E-state index is -4.12. The standard InChI is InChI=1S/C21H24Cl2N2O6S.C16H14Cl2N2O4S.C3H8/c1-11(2)16-10-31-21(24-16)15-9-17(28-3)19(29-4)20(30-5)18(15)25-32(26,27)14-7-12(22)6-13(23)8-14;1-23-14-4-2-3-13(16-19-5-6-24-16)15(14)20-25(21,22)12-8-10(17)7-11(18)9-12;1-3-2/h6-9,11,16,25H,10H2,1-5H3;2-4,7-9,20H,5-6H2,1H3;3H2,1-2H3. The Bertz CT molecular complexity index is 2410. The Kier molecular flexibility index (Phi) is 17.3. The van der Waals surface area contributed by atoms with E-state index in [4.69, 9.17) is 74.8 Å². The van der Waals surface area contributed by atoms with Crippen LogP contribution in [0, 0.1) is 5.92 Å². The summed E-state index contributed by atoms with van der Waals surface area (Å²) in [6, 6.07) is 14.7. The van der Waals surface area contributed by atoms with Gasteiger partial charge in [0.2, 0.25) is 17.5 Å². The van der Waals surface area contributed by atoms with Crippen LogP contribution < -0.4 is 28.4 Å². The smallest absolute Gasteiger partial charge is 0.262 e. The van der Waals surface area contributed by atoms with Crippen LogP contribution >= 0.6 is 46.4 Å². The Balaban J connectivity index is 0.000000255. The van der Waals surface area contributed by atoms with E-state index in [0.29, 0.717) is 48.3 Å². The molecule has 1 atom stereocenters. The molecule has 14 nitrogen and oxygen atoms in total. The van der Waals surface area contributed by atoms with Crippen molar-refractivity contribution in [1.82, 2.24) is 0 Å². The van der Waals surface area contributed by atoms with E-state index in [1.54, 1.807) is 24.3 Å². The third-order valence-corrected chi connectivity index (χ3v) is 11.9. The molecule has 4 aromatic carbocycles. The van der Waals surface area contributed by atoms with Gasteiger partial charge in [-0.25, -0.2) is 26.8 Å². The fourth-order valence-electron chi connectivity index (χ4n) is 5.54. The van der Waals surface area contributed by atoms with Gasteiger partial charge in [0.1, 0.15) is 30.3 Å². The molecule has 0 saturated carbocycles. The minimum absolute atomic E-state index is 0.0591. The van der Waals surface area contributed by atoms with Crippen LogP contribution in [-0.4, -0.2) is 82.9 Å². The first-order chi connectivity index (χ1) is 28.4. The van der Waals surface area contributed by atoms with Crippen molar-refractivity contribution in [3.8, 4) is 23.0 Å². The molecule has 0 amide bonds. The normalized spacial score (nSPS) is 14.6. The molecular formula is C40H46Cl4N4O10S2. The Hall–Kier alpha value is -4.32. The topological polar surface area (TPSA) is 172 Å². The van der Waals surface area contributed by atoms with E-state index >= 15 is 0 Å². The van der Waals surface area contributed by atoms with Crippen LogP contribution in [-0.2, 0) is 29.5 Å². The van der Waals surface area contributed by atoms with Crippen LogP contribution in [0.4, 0.5) is 11.4 Å². The highest BCUT2D eigenvalue weighted by Crippen LogP contribution is 2.47. The molecule has 4 aromatic rings. The molecule has 0 aliphatic carbocycles. The zero-order valence-electron chi connectivity index (χ0n) is 34.1. The van der Waals surface area contributed by atoms with Gasteiger partial charge >= 0.3 is 0 Å². The van der Waals surface area contributed by atoms with Gasteiger partial charge in [0.05, 0.1) is 61.9 Å². The number of para-hydroxylation sites is 1. The first kappa shape index (κ1) is 48.3. The number of halogens is 4. The molecule has 6 rings (SSSR count). The number of sulfonamides is 2. The number of methoxy groups -OCH3 is 4. The molecule has 326 valence electrons. The summed E-state index contributed by atoms with van der Waals surface area (Å²) in [4.78, 5) is 8.68. The Morgan fingerprint density at radius 1 is 0.683 bits per heavy atom. The van der Waals surface area contributed by atoms with Gasteiger partial charge in [-0.05, 0) is 60.5 Å². The maximum atomic E-state index is 13.2. The maximum Gasteiger partial charge on any atom is 0.262 e. The average Bonchev–Trinajstić information content (AvgIpc) is 3.91. The van der Waals surface area contributed by atoms with Gasteiger partial charge in [0.25, 0.3) is 20.0 Å².